The van der Waals surface area contributed by atoms with Crippen molar-refractivity contribution in [2.45, 2.75) is 25.7 Å². The number of aliphatic imine (C=N–C) groups is 1. The lowest BCUT2D eigenvalue weighted by Gasteiger charge is -2.39. The van der Waals surface area contributed by atoms with Gasteiger partial charge in [0.15, 0.2) is 5.96 Å². The number of alkyl halides is 3. The van der Waals surface area contributed by atoms with E-state index >= 15 is 0 Å². The molecule has 7 nitrogen and oxygen atoms in total. The number of rotatable bonds is 5. The number of benzene rings is 1. The van der Waals surface area contributed by atoms with Gasteiger partial charge in [-0.05, 0) is 24.6 Å². The Kier molecular flexibility index (Phi) is 10.1. The Morgan fingerprint density at radius 2 is 1.87 bits per heavy atom. The van der Waals surface area contributed by atoms with Crippen LogP contribution >= 0.6 is 24.0 Å². The minimum atomic E-state index is -4.23. The van der Waals surface area contributed by atoms with E-state index in [9.17, 15) is 18.0 Å². The number of nitrogens with one attached hydrogen (secondary N) is 1. The predicted octanol–water partition coefficient (Wildman–Crippen LogP) is 2.74. The summed E-state index contributed by atoms with van der Waals surface area (Å²) < 4.78 is 48.7. The quantitative estimate of drug-likeness (QED) is 0.266. The second-order valence-electron chi connectivity index (χ2n) is 6.67. The number of hydrogen-bond donors (Lipinski definition) is 1. The summed E-state index contributed by atoms with van der Waals surface area (Å²) >= 11 is 0. The van der Waals surface area contributed by atoms with Gasteiger partial charge >= 0.3 is 12.1 Å². The van der Waals surface area contributed by atoms with Crippen LogP contribution in [-0.4, -0.2) is 81.4 Å². The fraction of sp³-hybridized carbons (Fsp3) is 0.579. The van der Waals surface area contributed by atoms with Crippen molar-refractivity contribution in [2.24, 2.45) is 4.99 Å². The molecule has 1 heterocycles. The molecule has 1 aromatic carbocycles. The third kappa shape index (κ3) is 6.62. The molecule has 30 heavy (non-hydrogen) atoms. The van der Waals surface area contributed by atoms with Gasteiger partial charge in [-0.25, -0.2) is 4.79 Å². The van der Waals surface area contributed by atoms with Crippen LogP contribution < -0.4 is 10.1 Å². The molecule has 1 aliphatic heterocycles. The van der Waals surface area contributed by atoms with Crippen molar-refractivity contribution in [3.05, 3.63) is 29.3 Å². The fourth-order valence-corrected chi connectivity index (χ4v) is 3.18. The Labute approximate surface area is 191 Å². The minimum Gasteiger partial charge on any atom is -0.496 e. The van der Waals surface area contributed by atoms with Crippen molar-refractivity contribution in [3.8, 4) is 5.75 Å². The molecule has 0 aliphatic carbocycles. The molecule has 0 bridgehead atoms. The van der Waals surface area contributed by atoms with Gasteiger partial charge in [0.05, 0.1) is 14.2 Å². The minimum absolute atomic E-state index is 0. The van der Waals surface area contributed by atoms with E-state index in [1.54, 1.807) is 19.2 Å². The van der Waals surface area contributed by atoms with Gasteiger partial charge < -0.3 is 19.7 Å². The Balaban J connectivity index is 0.00000450. The number of methoxy groups -OCH3 is 2. The van der Waals surface area contributed by atoms with Crippen molar-refractivity contribution in [2.75, 3.05) is 47.4 Å². The van der Waals surface area contributed by atoms with Gasteiger partial charge in [0.1, 0.15) is 17.4 Å². The molecule has 0 aromatic heterocycles. The van der Waals surface area contributed by atoms with Crippen molar-refractivity contribution in [1.29, 1.82) is 0 Å². The molecular formula is C19H28F3IN4O3. The number of nitrogens with zero attached hydrogens (tertiary/aromatic N) is 3. The van der Waals surface area contributed by atoms with E-state index in [-0.39, 0.29) is 24.0 Å². The van der Waals surface area contributed by atoms with Crippen molar-refractivity contribution >= 4 is 35.9 Å². The number of esters is 1. The first kappa shape index (κ1) is 26.3. The number of carbonyl (C=O) groups excluding carboxylic acids is 1. The van der Waals surface area contributed by atoms with Crippen LogP contribution in [0.1, 0.15) is 22.8 Å². The number of hydrogen-bond acceptors (Lipinski definition) is 5. The summed E-state index contributed by atoms with van der Waals surface area (Å²) in [4.78, 5) is 19.5. The second kappa shape index (κ2) is 11.6. The molecule has 1 N–H and O–H groups in total. The maximum Gasteiger partial charge on any atom is 0.403 e. The molecule has 1 saturated heterocycles. The van der Waals surface area contributed by atoms with Crippen molar-refractivity contribution < 1.29 is 27.4 Å². The number of ether oxygens (including phenoxy) is 2. The van der Waals surface area contributed by atoms with Gasteiger partial charge in [0.2, 0.25) is 0 Å². The lowest BCUT2D eigenvalue weighted by atomic mass is 10.1. The molecule has 1 aromatic rings. The Hall–Kier alpha value is -1.76. The first-order chi connectivity index (χ1) is 13.7. The lowest BCUT2D eigenvalue weighted by molar-refractivity contribution is -0.181. The Bertz CT molecular complexity index is 738. The number of guanidine groups is 1. The first-order valence-corrected chi connectivity index (χ1v) is 9.22. The molecule has 11 heteroatoms. The zero-order valence-electron chi connectivity index (χ0n) is 17.5. The van der Waals surface area contributed by atoms with Gasteiger partial charge in [-0.15, -0.1) is 24.0 Å². The highest BCUT2D eigenvalue weighted by Crippen LogP contribution is 2.25. The lowest BCUT2D eigenvalue weighted by Crippen LogP contribution is -2.56. The zero-order valence-corrected chi connectivity index (χ0v) is 19.8. The van der Waals surface area contributed by atoms with Crippen LogP contribution in [0.25, 0.3) is 0 Å². The molecule has 2 rings (SSSR count). The molecule has 0 spiro atoms. The molecule has 170 valence electrons. The predicted molar refractivity (Wildman–Crippen MR) is 119 cm³/mol. The molecule has 0 amide bonds. The van der Waals surface area contributed by atoms with E-state index in [1.165, 1.54) is 26.0 Å². The third-order valence-corrected chi connectivity index (χ3v) is 4.97. The van der Waals surface area contributed by atoms with Gasteiger partial charge in [-0.3, -0.25) is 9.89 Å². The Morgan fingerprint density at radius 3 is 2.37 bits per heavy atom. The molecule has 0 saturated carbocycles. The van der Waals surface area contributed by atoms with E-state index in [2.05, 4.69) is 10.3 Å². The van der Waals surface area contributed by atoms with Crippen LogP contribution in [0.2, 0.25) is 0 Å². The summed E-state index contributed by atoms with van der Waals surface area (Å²) in [5, 5.41) is 3.19. The summed E-state index contributed by atoms with van der Waals surface area (Å²) in [5.74, 6) is 0.516. The molecule has 0 radical (unpaired) electrons. The van der Waals surface area contributed by atoms with E-state index in [0.29, 0.717) is 50.0 Å². The van der Waals surface area contributed by atoms with Gasteiger partial charge in [-0.2, -0.15) is 13.2 Å². The first-order valence-electron chi connectivity index (χ1n) is 9.22. The molecule has 1 unspecified atom stereocenters. The third-order valence-electron chi connectivity index (χ3n) is 4.97. The summed E-state index contributed by atoms with van der Waals surface area (Å²) in [7, 11) is 4.40. The summed E-state index contributed by atoms with van der Waals surface area (Å²) in [6.45, 7) is 3.06. The molecule has 1 aliphatic rings. The topological polar surface area (TPSA) is 66.4 Å². The van der Waals surface area contributed by atoms with Crippen LogP contribution in [0.5, 0.6) is 5.75 Å². The Morgan fingerprint density at radius 1 is 1.23 bits per heavy atom. The number of piperazine rings is 1. The fourth-order valence-electron chi connectivity index (χ4n) is 3.18. The van der Waals surface area contributed by atoms with Crippen molar-refractivity contribution in [1.82, 2.24) is 15.1 Å². The molecule has 1 fully saturated rings. The van der Waals surface area contributed by atoms with Gasteiger partial charge in [0.25, 0.3) is 0 Å². The standard InChI is InChI=1S/C19H27F3N4O3.HI/c1-13(19(20,21)22)25-7-9-26(10-8-25)18(23-2)24-12-14-5-6-16(28-3)15(11-14)17(27)29-4;/h5-6,11,13H,7-10,12H2,1-4H3,(H,23,24);1H. The average Bonchev–Trinajstić information content (AvgIpc) is 2.72. The SMILES string of the molecule is CN=C(NCc1ccc(OC)c(C(=O)OC)c1)N1CCN(C(C)C(F)(F)F)CC1.I. The van der Waals surface area contributed by atoms with Crippen LogP contribution in [0.15, 0.2) is 23.2 Å². The van der Waals surface area contributed by atoms with Gasteiger partial charge in [-0.1, -0.05) is 6.07 Å². The van der Waals surface area contributed by atoms with Crippen LogP contribution in [-0.2, 0) is 11.3 Å². The highest BCUT2D eigenvalue weighted by molar-refractivity contribution is 14.0. The largest absolute Gasteiger partial charge is 0.496 e. The van der Waals surface area contributed by atoms with E-state index in [1.807, 2.05) is 11.0 Å². The van der Waals surface area contributed by atoms with E-state index < -0.39 is 18.2 Å². The molecule has 1 atom stereocenters. The summed E-state index contributed by atoms with van der Waals surface area (Å²) in [6, 6.07) is 3.71. The monoisotopic (exact) mass is 544 g/mol. The smallest absolute Gasteiger partial charge is 0.403 e. The van der Waals surface area contributed by atoms with Crippen LogP contribution in [0, 0.1) is 0 Å². The average molecular weight is 544 g/mol. The highest BCUT2D eigenvalue weighted by Gasteiger charge is 2.41. The molecular weight excluding hydrogens is 516 g/mol. The maximum absolute atomic E-state index is 12.9. The normalized spacial score (nSPS) is 16.5. The number of carbonyl (C=O) groups is 1. The van der Waals surface area contributed by atoms with E-state index in [4.69, 9.17) is 9.47 Å². The highest BCUT2D eigenvalue weighted by atomic mass is 127. The van der Waals surface area contributed by atoms with Crippen molar-refractivity contribution in [3.63, 3.8) is 0 Å². The number of halogens is 4. The summed E-state index contributed by atoms with van der Waals surface area (Å²) in [5.41, 5.74) is 1.13. The van der Waals surface area contributed by atoms with Crippen LogP contribution in [0.3, 0.4) is 0 Å². The zero-order chi connectivity index (χ0) is 21.6. The van der Waals surface area contributed by atoms with Gasteiger partial charge in [0, 0.05) is 39.8 Å². The summed E-state index contributed by atoms with van der Waals surface area (Å²) in [6.07, 6.45) is -4.23. The maximum atomic E-state index is 12.9. The van der Waals surface area contributed by atoms with E-state index in [0.717, 1.165) is 5.56 Å². The van der Waals surface area contributed by atoms with Crippen LogP contribution in [0.4, 0.5) is 13.2 Å². The second-order valence-corrected chi connectivity index (χ2v) is 6.67.